The SMILES string of the molecule is C=CC(CCCCCCCC)CCCCCCCCC. The lowest BCUT2D eigenvalue weighted by Crippen LogP contribution is -1.96. The molecule has 0 rings (SSSR count). The van der Waals surface area contributed by atoms with Crippen molar-refractivity contribution in [2.24, 2.45) is 5.92 Å². The molecule has 0 bridgehead atoms. The zero-order chi connectivity index (χ0) is 14.9. The molecular weight excluding hydrogens is 240 g/mol. The highest BCUT2D eigenvalue weighted by Crippen LogP contribution is 2.19. The number of unbranched alkanes of at least 4 members (excludes halogenated alkanes) is 11. The lowest BCUT2D eigenvalue weighted by molar-refractivity contribution is 0.465. The van der Waals surface area contributed by atoms with Gasteiger partial charge in [-0.1, -0.05) is 103 Å². The first-order valence-corrected chi connectivity index (χ1v) is 9.47. The highest BCUT2D eigenvalue weighted by atomic mass is 14.1. The number of rotatable bonds is 16. The van der Waals surface area contributed by atoms with E-state index in [-0.39, 0.29) is 0 Å². The second-order valence-corrected chi connectivity index (χ2v) is 6.46. The highest BCUT2D eigenvalue weighted by Gasteiger charge is 2.03. The van der Waals surface area contributed by atoms with E-state index in [0.29, 0.717) is 0 Å². The van der Waals surface area contributed by atoms with Gasteiger partial charge in [-0.25, -0.2) is 0 Å². The van der Waals surface area contributed by atoms with Crippen LogP contribution in [0, 0.1) is 5.92 Å². The van der Waals surface area contributed by atoms with Gasteiger partial charge in [0.2, 0.25) is 0 Å². The molecule has 0 aliphatic rings. The maximum Gasteiger partial charge on any atom is -0.0236 e. The maximum absolute atomic E-state index is 4.03. The van der Waals surface area contributed by atoms with Gasteiger partial charge in [0, 0.05) is 0 Å². The largest absolute Gasteiger partial charge is 0.103 e. The van der Waals surface area contributed by atoms with Gasteiger partial charge in [-0.3, -0.25) is 0 Å². The molecule has 0 fully saturated rings. The van der Waals surface area contributed by atoms with Gasteiger partial charge in [0.15, 0.2) is 0 Å². The Balaban J connectivity index is 3.31. The van der Waals surface area contributed by atoms with Crippen LogP contribution >= 0.6 is 0 Å². The molecule has 0 aliphatic heterocycles. The minimum Gasteiger partial charge on any atom is -0.103 e. The van der Waals surface area contributed by atoms with E-state index in [4.69, 9.17) is 0 Å². The van der Waals surface area contributed by atoms with Crippen LogP contribution in [0.15, 0.2) is 12.7 Å². The van der Waals surface area contributed by atoms with Crippen LogP contribution in [-0.4, -0.2) is 0 Å². The average molecular weight is 281 g/mol. The molecule has 1 unspecified atom stereocenters. The molecule has 0 N–H and O–H groups in total. The van der Waals surface area contributed by atoms with Crippen molar-refractivity contribution in [1.82, 2.24) is 0 Å². The number of hydrogen-bond acceptors (Lipinski definition) is 0. The van der Waals surface area contributed by atoms with Crippen molar-refractivity contribution in [1.29, 1.82) is 0 Å². The van der Waals surface area contributed by atoms with Crippen LogP contribution in [0.2, 0.25) is 0 Å². The van der Waals surface area contributed by atoms with Crippen LogP contribution in [0.5, 0.6) is 0 Å². The first-order valence-electron chi connectivity index (χ1n) is 9.47. The fourth-order valence-electron chi connectivity index (χ4n) is 2.93. The Bertz CT molecular complexity index is 182. The van der Waals surface area contributed by atoms with Crippen LogP contribution in [0.25, 0.3) is 0 Å². The Hall–Kier alpha value is -0.260. The van der Waals surface area contributed by atoms with E-state index in [1.807, 2.05) is 0 Å². The highest BCUT2D eigenvalue weighted by molar-refractivity contribution is 4.78. The second kappa shape index (κ2) is 16.8. The van der Waals surface area contributed by atoms with Crippen molar-refractivity contribution in [2.45, 2.75) is 110 Å². The molecule has 0 amide bonds. The summed E-state index contributed by atoms with van der Waals surface area (Å²) in [6.45, 7) is 8.61. The molecule has 0 aliphatic carbocycles. The molecule has 0 radical (unpaired) electrons. The Morgan fingerprint density at radius 1 is 0.600 bits per heavy atom. The molecule has 0 spiro atoms. The Morgan fingerprint density at radius 2 is 0.950 bits per heavy atom. The quantitative estimate of drug-likeness (QED) is 0.201. The van der Waals surface area contributed by atoms with E-state index in [0.717, 1.165) is 5.92 Å². The van der Waals surface area contributed by atoms with Crippen molar-refractivity contribution in [2.75, 3.05) is 0 Å². The molecule has 0 saturated carbocycles. The van der Waals surface area contributed by atoms with Crippen molar-refractivity contribution in [3.63, 3.8) is 0 Å². The van der Waals surface area contributed by atoms with Gasteiger partial charge in [-0.2, -0.15) is 0 Å². The summed E-state index contributed by atoms with van der Waals surface area (Å²) >= 11 is 0. The molecule has 0 aromatic rings. The molecule has 0 saturated heterocycles. The normalized spacial score (nSPS) is 12.5. The third kappa shape index (κ3) is 14.2. The first kappa shape index (κ1) is 19.7. The molecule has 0 heterocycles. The van der Waals surface area contributed by atoms with Gasteiger partial charge in [0.1, 0.15) is 0 Å². The van der Waals surface area contributed by atoms with E-state index >= 15 is 0 Å². The second-order valence-electron chi connectivity index (χ2n) is 6.46. The third-order valence-electron chi connectivity index (χ3n) is 4.44. The molecule has 120 valence electrons. The van der Waals surface area contributed by atoms with Crippen LogP contribution < -0.4 is 0 Å². The van der Waals surface area contributed by atoms with E-state index in [1.165, 1.54) is 96.3 Å². The lowest BCUT2D eigenvalue weighted by atomic mass is 9.94. The van der Waals surface area contributed by atoms with Gasteiger partial charge in [-0.15, -0.1) is 6.58 Å². The fourth-order valence-corrected chi connectivity index (χ4v) is 2.93. The predicted molar refractivity (Wildman–Crippen MR) is 94.3 cm³/mol. The molecule has 20 heavy (non-hydrogen) atoms. The van der Waals surface area contributed by atoms with Crippen LogP contribution in [0.3, 0.4) is 0 Å². The van der Waals surface area contributed by atoms with Crippen molar-refractivity contribution in [3.8, 4) is 0 Å². The topological polar surface area (TPSA) is 0 Å². The Morgan fingerprint density at radius 3 is 1.30 bits per heavy atom. The predicted octanol–water partition coefficient (Wildman–Crippen LogP) is 7.68. The average Bonchev–Trinajstić information content (AvgIpc) is 2.47. The number of allylic oxidation sites excluding steroid dienone is 1. The summed E-state index contributed by atoms with van der Waals surface area (Å²) in [4.78, 5) is 0. The van der Waals surface area contributed by atoms with E-state index in [9.17, 15) is 0 Å². The van der Waals surface area contributed by atoms with Crippen LogP contribution in [0.4, 0.5) is 0 Å². The summed E-state index contributed by atoms with van der Waals surface area (Å²) in [7, 11) is 0. The monoisotopic (exact) mass is 280 g/mol. The van der Waals surface area contributed by atoms with E-state index in [2.05, 4.69) is 26.5 Å². The molecule has 0 aromatic carbocycles. The molecule has 0 aromatic heterocycles. The van der Waals surface area contributed by atoms with Crippen LogP contribution in [0.1, 0.15) is 110 Å². The third-order valence-corrected chi connectivity index (χ3v) is 4.44. The standard InChI is InChI=1S/C20H40/c1-4-7-9-11-13-15-17-19-20(6-3)18-16-14-12-10-8-5-2/h6,20H,3-5,7-19H2,1-2H3. The van der Waals surface area contributed by atoms with Gasteiger partial charge in [-0.05, 0) is 18.8 Å². The molecule has 0 heteroatoms. The van der Waals surface area contributed by atoms with Crippen molar-refractivity contribution in [3.05, 3.63) is 12.7 Å². The van der Waals surface area contributed by atoms with Crippen molar-refractivity contribution >= 4 is 0 Å². The van der Waals surface area contributed by atoms with Gasteiger partial charge in [0.05, 0.1) is 0 Å². The summed E-state index contributed by atoms with van der Waals surface area (Å²) in [5.74, 6) is 0.789. The maximum atomic E-state index is 4.03. The van der Waals surface area contributed by atoms with Crippen LogP contribution in [-0.2, 0) is 0 Å². The van der Waals surface area contributed by atoms with E-state index < -0.39 is 0 Å². The zero-order valence-corrected chi connectivity index (χ0v) is 14.5. The smallest absolute Gasteiger partial charge is 0.0236 e. The molecule has 1 atom stereocenters. The first-order chi connectivity index (χ1) is 9.85. The van der Waals surface area contributed by atoms with Gasteiger partial charge in [0.25, 0.3) is 0 Å². The fraction of sp³-hybridized carbons (Fsp3) is 0.900. The Kier molecular flexibility index (Phi) is 16.6. The summed E-state index contributed by atoms with van der Waals surface area (Å²) < 4.78 is 0. The Labute approximate surface area is 129 Å². The zero-order valence-electron chi connectivity index (χ0n) is 14.5. The lowest BCUT2D eigenvalue weighted by Gasteiger charge is -2.12. The number of hydrogen-bond donors (Lipinski definition) is 0. The minimum absolute atomic E-state index is 0.789. The van der Waals surface area contributed by atoms with Gasteiger partial charge >= 0.3 is 0 Å². The molecule has 0 nitrogen and oxygen atoms in total. The summed E-state index contributed by atoms with van der Waals surface area (Å²) in [5, 5.41) is 0. The molecular formula is C20H40. The summed E-state index contributed by atoms with van der Waals surface area (Å²) in [6.07, 6.45) is 23.4. The van der Waals surface area contributed by atoms with E-state index in [1.54, 1.807) is 0 Å². The summed E-state index contributed by atoms with van der Waals surface area (Å²) in [5.41, 5.74) is 0. The van der Waals surface area contributed by atoms with Gasteiger partial charge < -0.3 is 0 Å². The minimum atomic E-state index is 0.789. The summed E-state index contributed by atoms with van der Waals surface area (Å²) in [6, 6.07) is 0. The van der Waals surface area contributed by atoms with Crippen molar-refractivity contribution < 1.29 is 0 Å².